The summed E-state index contributed by atoms with van der Waals surface area (Å²) in [7, 11) is 1.85. The van der Waals surface area contributed by atoms with E-state index < -0.39 is 0 Å². The number of aryl methyl sites for hydroxylation is 1. The number of ketones is 1. The highest BCUT2D eigenvalue weighted by atomic mass is 16.5. The average molecular weight is 450 g/mol. The smallest absolute Gasteiger partial charge is 0.223 e. The van der Waals surface area contributed by atoms with Crippen LogP contribution in [-0.2, 0) is 11.8 Å². The molecule has 0 unspecified atom stereocenters. The fourth-order valence-corrected chi connectivity index (χ4v) is 4.23. The van der Waals surface area contributed by atoms with Gasteiger partial charge in [0.05, 0.1) is 24.8 Å². The van der Waals surface area contributed by atoms with Crippen LogP contribution in [0.5, 0.6) is 11.5 Å². The number of Topliss-reactive ketones (excluding diaryl/α,β-unsaturated/α-hetero) is 1. The minimum atomic E-state index is -0.0717. The molecule has 1 saturated heterocycles. The molecule has 0 saturated carbocycles. The fraction of sp³-hybridized carbons (Fsp3) is 0.435. The Kier molecular flexibility index (Phi) is 5.80. The van der Waals surface area contributed by atoms with Gasteiger partial charge in [0.15, 0.2) is 22.9 Å². The molecule has 0 atom stereocenters. The molecule has 1 aromatic carbocycles. The lowest BCUT2D eigenvalue weighted by molar-refractivity contribution is -0.131. The first kappa shape index (κ1) is 21.2. The number of amides is 1. The maximum atomic E-state index is 12.7. The Balaban J connectivity index is 1.16. The van der Waals surface area contributed by atoms with Crippen molar-refractivity contribution in [3.05, 3.63) is 36.3 Å². The zero-order chi connectivity index (χ0) is 22.8. The highest BCUT2D eigenvalue weighted by Crippen LogP contribution is 2.31. The molecular weight excluding hydrogens is 424 g/mol. The van der Waals surface area contributed by atoms with Crippen LogP contribution in [-0.4, -0.2) is 75.7 Å². The topological polar surface area (TPSA) is 103 Å². The predicted octanol–water partition coefficient (Wildman–Crippen LogP) is 1.84. The summed E-state index contributed by atoms with van der Waals surface area (Å²) in [4.78, 5) is 38.1. The van der Waals surface area contributed by atoms with Crippen LogP contribution in [0.1, 0.15) is 29.6 Å². The molecule has 2 aliphatic rings. The van der Waals surface area contributed by atoms with Crippen LogP contribution < -0.4 is 14.4 Å². The number of fused-ring (bicyclic) bond motifs is 2. The van der Waals surface area contributed by atoms with E-state index in [0.717, 1.165) is 23.3 Å². The molecule has 0 N–H and O–H groups in total. The Morgan fingerprint density at radius 2 is 1.79 bits per heavy atom. The number of nitrogens with zero attached hydrogens (tertiary/aromatic N) is 6. The first-order valence-electron chi connectivity index (χ1n) is 11.2. The number of rotatable bonds is 5. The van der Waals surface area contributed by atoms with Crippen molar-refractivity contribution in [1.29, 1.82) is 0 Å². The van der Waals surface area contributed by atoms with Crippen LogP contribution in [0.15, 0.2) is 30.7 Å². The molecule has 0 spiro atoms. The van der Waals surface area contributed by atoms with Gasteiger partial charge in [0.1, 0.15) is 12.1 Å². The van der Waals surface area contributed by atoms with Crippen molar-refractivity contribution in [2.24, 2.45) is 7.05 Å². The summed E-state index contributed by atoms with van der Waals surface area (Å²) in [6, 6.07) is 5.22. The third kappa shape index (κ3) is 4.33. The number of ether oxygens (including phenoxy) is 2. The van der Waals surface area contributed by atoms with Gasteiger partial charge in [-0.2, -0.15) is 5.10 Å². The number of aromatic nitrogens is 4. The number of carbonyl (C=O) groups excluding carboxylic acids is 2. The number of hydrogen-bond donors (Lipinski definition) is 0. The molecule has 3 aromatic rings. The Morgan fingerprint density at radius 1 is 1.00 bits per heavy atom. The average Bonchev–Trinajstić information content (AvgIpc) is 3.08. The maximum Gasteiger partial charge on any atom is 0.223 e. The lowest BCUT2D eigenvalue weighted by Gasteiger charge is -2.35. The molecule has 1 fully saturated rings. The van der Waals surface area contributed by atoms with Crippen LogP contribution in [0.25, 0.3) is 11.0 Å². The van der Waals surface area contributed by atoms with E-state index in [2.05, 4.69) is 20.0 Å². The van der Waals surface area contributed by atoms with Crippen LogP contribution in [0.2, 0.25) is 0 Å². The van der Waals surface area contributed by atoms with Gasteiger partial charge < -0.3 is 19.3 Å². The number of hydrogen-bond acceptors (Lipinski definition) is 8. The van der Waals surface area contributed by atoms with Gasteiger partial charge in [0.2, 0.25) is 5.91 Å². The van der Waals surface area contributed by atoms with E-state index >= 15 is 0 Å². The number of anilines is 1. The van der Waals surface area contributed by atoms with E-state index in [-0.39, 0.29) is 24.5 Å². The van der Waals surface area contributed by atoms with Crippen molar-refractivity contribution >= 4 is 28.5 Å². The number of carbonyl (C=O) groups is 2. The first-order chi connectivity index (χ1) is 16.1. The van der Waals surface area contributed by atoms with E-state index in [1.165, 1.54) is 0 Å². The van der Waals surface area contributed by atoms with Crippen molar-refractivity contribution < 1.29 is 19.1 Å². The zero-order valence-electron chi connectivity index (χ0n) is 18.6. The minimum absolute atomic E-state index is 0.00782. The van der Waals surface area contributed by atoms with Crippen molar-refractivity contribution in [2.75, 3.05) is 44.3 Å². The van der Waals surface area contributed by atoms with Gasteiger partial charge in [-0.1, -0.05) is 0 Å². The third-order valence-corrected chi connectivity index (χ3v) is 6.08. The highest BCUT2D eigenvalue weighted by molar-refractivity contribution is 5.98. The zero-order valence-corrected chi connectivity index (χ0v) is 18.6. The van der Waals surface area contributed by atoms with Crippen molar-refractivity contribution in [2.45, 2.75) is 19.3 Å². The van der Waals surface area contributed by atoms with E-state index in [1.54, 1.807) is 35.4 Å². The fourth-order valence-electron chi connectivity index (χ4n) is 4.23. The molecule has 2 aromatic heterocycles. The number of benzene rings is 1. The second kappa shape index (κ2) is 9.05. The lowest BCUT2D eigenvalue weighted by Crippen LogP contribution is -2.49. The standard InChI is InChI=1S/C23H26N6O4/c1-27-22-17(14-26-27)23(25-15-24-22)29-9-7-28(8-10-29)21(31)6-4-18(30)16-3-5-19-20(13-16)33-12-2-11-32-19/h3,5,13-15H,2,4,6-12H2,1H3. The van der Waals surface area contributed by atoms with Gasteiger partial charge in [0, 0.05) is 58.1 Å². The van der Waals surface area contributed by atoms with Crippen LogP contribution in [0.3, 0.4) is 0 Å². The van der Waals surface area contributed by atoms with Crippen molar-refractivity contribution in [1.82, 2.24) is 24.6 Å². The molecule has 10 heteroatoms. The van der Waals surface area contributed by atoms with Crippen molar-refractivity contribution in [3.8, 4) is 11.5 Å². The molecule has 5 rings (SSSR count). The van der Waals surface area contributed by atoms with Crippen LogP contribution in [0, 0.1) is 0 Å². The summed E-state index contributed by atoms with van der Waals surface area (Å²) in [6.45, 7) is 3.68. The van der Waals surface area contributed by atoms with Gasteiger partial charge in [-0.15, -0.1) is 0 Å². The molecule has 33 heavy (non-hydrogen) atoms. The second-order valence-corrected chi connectivity index (χ2v) is 8.21. The van der Waals surface area contributed by atoms with Crippen LogP contribution >= 0.6 is 0 Å². The largest absolute Gasteiger partial charge is 0.490 e. The quantitative estimate of drug-likeness (QED) is 0.543. The summed E-state index contributed by atoms with van der Waals surface area (Å²) >= 11 is 0. The van der Waals surface area contributed by atoms with Crippen LogP contribution in [0.4, 0.5) is 5.82 Å². The molecule has 0 bridgehead atoms. The summed E-state index contributed by atoms with van der Waals surface area (Å²) in [5, 5.41) is 5.17. The van der Waals surface area contributed by atoms with Gasteiger partial charge >= 0.3 is 0 Å². The van der Waals surface area contributed by atoms with Gasteiger partial charge in [-0.05, 0) is 18.2 Å². The molecule has 4 heterocycles. The van der Waals surface area contributed by atoms with Gasteiger partial charge in [-0.25, -0.2) is 9.97 Å². The Hall–Kier alpha value is -3.69. The summed E-state index contributed by atoms with van der Waals surface area (Å²) in [5.41, 5.74) is 1.33. The Labute approximate surface area is 191 Å². The Bertz CT molecular complexity index is 1180. The molecule has 0 radical (unpaired) electrons. The van der Waals surface area contributed by atoms with E-state index in [1.807, 2.05) is 11.9 Å². The van der Waals surface area contributed by atoms with E-state index in [9.17, 15) is 9.59 Å². The van der Waals surface area contributed by atoms with E-state index in [4.69, 9.17) is 9.47 Å². The molecular formula is C23H26N6O4. The Morgan fingerprint density at radius 3 is 2.61 bits per heavy atom. The first-order valence-corrected chi connectivity index (χ1v) is 11.2. The molecule has 1 amide bonds. The lowest BCUT2D eigenvalue weighted by atomic mass is 10.1. The monoisotopic (exact) mass is 450 g/mol. The second-order valence-electron chi connectivity index (χ2n) is 8.21. The van der Waals surface area contributed by atoms with Gasteiger partial charge in [-0.3, -0.25) is 14.3 Å². The minimum Gasteiger partial charge on any atom is -0.490 e. The maximum absolute atomic E-state index is 12.7. The molecule has 10 nitrogen and oxygen atoms in total. The summed E-state index contributed by atoms with van der Waals surface area (Å²) in [6.07, 6.45) is 4.48. The third-order valence-electron chi connectivity index (χ3n) is 6.08. The predicted molar refractivity (Wildman–Crippen MR) is 121 cm³/mol. The van der Waals surface area contributed by atoms with E-state index in [0.29, 0.717) is 56.5 Å². The number of piperazine rings is 1. The SMILES string of the molecule is Cn1ncc2c(N3CCN(C(=O)CCC(=O)c4ccc5c(c4)OCCCO5)CC3)ncnc21. The summed E-state index contributed by atoms with van der Waals surface area (Å²) in [5.74, 6) is 2.01. The molecule has 2 aliphatic heterocycles. The molecule has 0 aliphatic carbocycles. The van der Waals surface area contributed by atoms with Gasteiger partial charge in [0.25, 0.3) is 0 Å². The normalized spacial score (nSPS) is 16.0. The summed E-state index contributed by atoms with van der Waals surface area (Å²) < 4.78 is 13.0. The highest BCUT2D eigenvalue weighted by Gasteiger charge is 2.24. The van der Waals surface area contributed by atoms with Crippen molar-refractivity contribution in [3.63, 3.8) is 0 Å². The molecule has 172 valence electrons.